The number of hydrogen-bond donors (Lipinski definition) is 2. The summed E-state index contributed by atoms with van der Waals surface area (Å²) in [6, 6.07) is 10.2. The van der Waals surface area contributed by atoms with E-state index in [1.165, 1.54) is 5.69 Å². The van der Waals surface area contributed by atoms with Crippen LogP contribution in [-0.2, 0) is 9.53 Å². The average molecular weight is 484 g/mol. The summed E-state index contributed by atoms with van der Waals surface area (Å²) >= 11 is 0. The van der Waals surface area contributed by atoms with Gasteiger partial charge in [0.15, 0.2) is 5.82 Å². The van der Waals surface area contributed by atoms with Gasteiger partial charge in [-0.2, -0.15) is 8.78 Å². The fourth-order valence-corrected chi connectivity index (χ4v) is 4.40. The van der Waals surface area contributed by atoms with Crippen molar-refractivity contribution < 1.29 is 18.3 Å². The van der Waals surface area contributed by atoms with Gasteiger partial charge in [-0.05, 0) is 18.2 Å². The van der Waals surface area contributed by atoms with Gasteiger partial charge in [-0.25, -0.2) is 9.97 Å². The van der Waals surface area contributed by atoms with Crippen LogP contribution in [-0.4, -0.2) is 90.7 Å². The van der Waals surface area contributed by atoms with Crippen molar-refractivity contribution in [1.82, 2.24) is 25.2 Å². The lowest BCUT2D eigenvalue weighted by Gasteiger charge is -2.33. The Balaban J connectivity index is 1.35. The predicted molar refractivity (Wildman–Crippen MR) is 129 cm³/mol. The van der Waals surface area contributed by atoms with Gasteiger partial charge < -0.3 is 25.2 Å². The topological polar surface area (TPSA) is 95.5 Å². The highest BCUT2D eigenvalue weighted by molar-refractivity contribution is 5.88. The number of hydrogen-bond acceptors (Lipinski definition) is 8. The fraction of sp³-hybridized carbons (Fsp3) is 0.417. The number of morpholine rings is 1. The van der Waals surface area contributed by atoms with Crippen LogP contribution in [0.3, 0.4) is 0 Å². The Bertz CT molecular complexity index is 1170. The standard InChI is InChI=1S/C24H27F2N7O2/c25-22(26)24(34)33-11-12-35-18(15-33)14-30-23-21-20(28-5-6-29-21)13-19(31-23)16-1-3-17(4-2-16)32-9-7-27-8-10-32/h1-6,13,18,22,27H,7-12,14-15H2,(H,30,31)/t18-/m0/s1. The van der Waals surface area contributed by atoms with Crippen molar-refractivity contribution in [1.29, 1.82) is 0 Å². The second-order valence-corrected chi connectivity index (χ2v) is 8.52. The minimum absolute atomic E-state index is 0.0902. The molecule has 2 aliphatic heterocycles. The molecular formula is C24H27F2N7O2. The highest BCUT2D eigenvalue weighted by Gasteiger charge is 2.29. The molecule has 4 heterocycles. The van der Waals surface area contributed by atoms with E-state index in [0.29, 0.717) is 16.9 Å². The maximum Gasteiger partial charge on any atom is 0.315 e. The molecule has 1 atom stereocenters. The summed E-state index contributed by atoms with van der Waals surface area (Å²) in [4.78, 5) is 28.8. The van der Waals surface area contributed by atoms with Crippen LogP contribution in [0, 0.1) is 0 Å². The first-order valence-corrected chi connectivity index (χ1v) is 11.7. The van der Waals surface area contributed by atoms with E-state index in [9.17, 15) is 13.6 Å². The van der Waals surface area contributed by atoms with Gasteiger partial charge in [-0.15, -0.1) is 0 Å². The monoisotopic (exact) mass is 483 g/mol. The third kappa shape index (κ3) is 5.30. The van der Waals surface area contributed by atoms with Gasteiger partial charge in [-0.3, -0.25) is 9.78 Å². The molecule has 0 radical (unpaired) electrons. The van der Waals surface area contributed by atoms with Crippen LogP contribution in [0.15, 0.2) is 42.7 Å². The zero-order chi connectivity index (χ0) is 24.2. The van der Waals surface area contributed by atoms with Crippen molar-refractivity contribution >= 4 is 28.4 Å². The summed E-state index contributed by atoms with van der Waals surface area (Å²) in [6.45, 7) is 4.64. The first-order valence-electron chi connectivity index (χ1n) is 11.7. The van der Waals surface area contributed by atoms with Crippen molar-refractivity contribution in [2.45, 2.75) is 12.5 Å². The number of piperazine rings is 1. The second-order valence-electron chi connectivity index (χ2n) is 8.52. The molecule has 184 valence electrons. The minimum Gasteiger partial charge on any atom is -0.373 e. The minimum atomic E-state index is -3.02. The average Bonchev–Trinajstić information content (AvgIpc) is 2.92. The quantitative estimate of drug-likeness (QED) is 0.550. The summed E-state index contributed by atoms with van der Waals surface area (Å²) in [6.07, 6.45) is -0.238. The zero-order valence-electron chi connectivity index (χ0n) is 19.2. The predicted octanol–water partition coefficient (Wildman–Crippen LogP) is 2.01. The molecule has 2 aliphatic rings. The van der Waals surface area contributed by atoms with Crippen molar-refractivity contribution in [3.63, 3.8) is 0 Å². The first kappa shape index (κ1) is 23.3. The number of nitrogens with one attached hydrogen (secondary N) is 2. The number of rotatable bonds is 6. The molecule has 0 unspecified atom stereocenters. The number of carbonyl (C=O) groups is 1. The van der Waals surface area contributed by atoms with Gasteiger partial charge in [0.05, 0.1) is 23.9 Å². The molecule has 1 aromatic carbocycles. The fourth-order valence-electron chi connectivity index (χ4n) is 4.40. The highest BCUT2D eigenvalue weighted by atomic mass is 19.3. The molecule has 35 heavy (non-hydrogen) atoms. The number of carbonyl (C=O) groups excluding carboxylic acids is 1. The number of ether oxygens (including phenoxy) is 1. The number of alkyl halides is 2. The molecule has 5 rings (SSSR count). The Morgan fingerprint density at radius 3 is 2.69 bits per heavy atom. The Kier molecular flexibility index (Phi) is 6.96. The summed E-state index contributed by atoms with van der Waals surface area (Å²) in [7, 11) is 0. The summed E-state index contributed by atoms with van der Waals surface area (Å²) in [5.41, 5.74) is 4.15. The molecule has 0 spiro atoms. The van der Waals surface area contributed by atoms with E-state index >= 15 is 0 Å². The summed E-state index contributed by atoms with van der Waals surface area (Å²) in [5.74, 6) is -0.642. The van der Waals surface area contributed by atoms with E-state index < -0.39 is 18.4 Å². The Morgan fingerprint density at radius 2 is 1.91 bits per heavy atom. The summed E-state index contributed by atoms with van der Waals surface area (Å²) < 4.78 is 31.3. The molecule has 2 aromatic heterocycles. The molecule has 2 saturated heterocycles. The molecule has 0 aliphatic carbocycles. The Labute approximate surface area is 201 Å². The number of halogens is 2. The number of aromatic nitrogens is 3. The van der Waals surface area contributed by atoms with Crippen molar-refractivity contribution in [3.8, 4) is 11.3 Å². The lowest BCUT2D eigenvalue weighted by Crippen LogP contribution is -2.49. The van der Waals surface area contributed by atoms with E-state index in [1.54, 1.807) is 12.4 Å². The van der Waals surface area contributed by atoms with Crippen LogP contribution in [0.4, 0.5) is 20.3 Å². The van der Waals surface area contributed by atoms with Crippen LogP contribution >= 0.6 is 0 Å². The number of pyridine rings is 1. The van der Waals surface area contributed by atoms with E-state index in [0.717, 1.165) is 42.3 Å². The van der Waals surface area contributed by atoms with Crippen LogP contribution in [0.25, 0.3) is 22.3 Å². The highest BCUT2D eigenvalue weighted by Crippen LogP contribution is 2.27. The van der Waals surface area contributed by atoms with Gasteiger partial charge in [-0.1, -0.05) is 12.1 Å². The SMILES string of the molecule is O=C(C(F)F)N1CCO[C@@H](CNc2nc(-c3ccc(N4CCNCC4)cc3)cc3nccnc23)C1. The lowest BCUT2D eigenvalue weighted by atomic mass is 10.1. The van der Waals surface area contributed by atoms with Crippen molar-refractivity contribution in [2.75, 3.05) is 62.6 Å². The number of anilines is 2. The third-order valence-corrected chi connectivity index (χ3v) is 6.24. The van der Waals surface area contributed by atoms with Crippen molar-refractivity contribution in [3.05, 3.63) is 42.7 Å². The van der Waals surface area contributed by atoms with Gasteiger partial charge in [0.2, 0.25) is 0 Å². The Hall–Kier alpha value is -3.44. The molecule has 2 fully saturated rings. The largest absolute Gasteiger partial charge is 0.373 e. The van der Waals surface area contributed by atoms with Crippen LogP contribution in [0.1, 0.15) is 0 Å². The molecule has 1 amide bonds. The van der Waals surface area contributed by atoms with Gasteiger partial charge >= 0.3 is 6.43 Å². The van der Waals surface area contributed by atoms with Crippen molar-refractivity contribution in [2.24, 2.45) is 0 Å². The smallest absolute Gasteiger partial charge is 0.315 e. The number of benzene rings is 1. The number of amides is 1. The van der Waals surface area contributed by atoms with E-state index in [2.05, 4.69) is 37.6 Å². The first-order chi connectivity index (χ1) is 17.1. The molecular weight excluding hydrogens is 456 g/mol. The number of nitrogens with zero attached hydrogens (tertiary/aromatic N) is 5. The maximum absolute atomic E-state index is 12.8. The van der Waals surface area contributed by atoms with Crippen LogP contribution in [0.2, 0.25) is 0 Å². The second kappa shape index (κ2) is 10.4. The van der Waals surface area contributed by atoms with E-state index in [-0.39, 0.29) is 26.2 Å². The van der Waals surface area contributed by atoms with Crippen LogP contribution in [0.5, 0.6) is 0 Å². The lowest BCUT2D eigenvalue weighted by molar-refractivity contribution is -0.149. The normalized spacial score (nSPS) is 18.8. The number of fused-ring (bicyclic) bond motifs is 1. The Morgan fingerprint density at radius 1 is 1.14 bits per heavy atom. The van der Waals surface area contributed by atoms with Gasteiger partial charge in [0, 0.05) is 69.5 Å². The third-order valence-electron chi connectivity index (χ3n) is 6.24. The zero-order valence-corrected chi connectivity index (χ0v) is 19.2. The molecule has 9 nitrogen and oxygen atoms in total. The molecule has 11 heteroatoms. The summed E-state index contributed by atoms with van der Waals surface area (Å²) in [5, 5.41) is 6.60. The molecule has 2 N–H and O–H groups in total. The maximum atomic E-state index is 12.8. The van der Waals surface area contributed by atoms with E-state index in [4.69, 9.17) is 9.72 Å². The van der Waals surface area contributed by atoms with Gasteiger partial charge in [0.25, 0.3) is 5.91 Å². The van der Waals surface area contributed by atoms with E-state index in [1.807, 2.05) is 18.2 Å². The molecule has 0 saturated carbocycles. The van der Waals surface area contributed by atoms with Crippen LogP contribution < -0.4 is 15.5 Å². The molecule has 3 aromatic rings. The van der Waals surface area contributed by atoms with Gasteiger partial charge in [0.1, 0.15) is 5.52 Å². The molecule has 0 bridgehead atoms.